The van der Waals surface area contributed by atoms with Crippen LogP contribution in [0, 0.1) is 5.92 Å². The number of ether oxygens (including phenoxy) is 1. The first kappa shape index (κ1) is 12.8. The zero-order valence-corrected chi connectivity index (χ0v) is 9.35. The molecule has 1 aliphatic rings. The molecule has 4 heteroatoms. The van der Waals surface area contributed by atoms with E-state index < -0.39 is 13.0 Å². The van der Waals surface area contributed by atoms with E-state index in [1.54, 1.807) is 0 Å². The number of alkyl halides is 2. The average Bonchev–Trinajstić information content (AvgIpc) is 3.00. The molecule has 0 aromatic carbocycles. The molecule has 1 aliphatic carbocycles. The highest BCUT2D eigenvalue weighted by molar-refractivity contribution is 4.86. The zero-order chi connectivity index (χ0) is 11.1. The van der Waals surface area contributed by atoms with Gasteiger partial charge in [-0.2, -0.15) is 0 Å². The summed E-state index contributed by atoms with van der Waals surface area (Å²) < 4.78 is 28.5. The number of halogens is 2. The Kier molecular flexibility index (Phi) is 6.10. The van der Waals surface area contributed by atoms with E-state index in [0.717, 1.165) is 25.3 Å². The minimum Gasteiger partial charge on any atom is -0.375 e. The van der Waals surface area contributed by atoms with E-state index in [1.807, 2.05) is 0 Å². The number of rotatable bonds is 9. The molecule has 0 aromatic rings. The molecule has 0 bridgehead atoms. The van der Waals surface area contributed by atoms with E-state index in [4.69, 9.17) is 4.74 Å². The van der Waals surface area contributed by atoms with E-state index in [1.165, 1.54) is 12.8 Å². The second kappa shape index (κ2) is 7.12. The van der Waals surface area contributed by atoms with E-state index >= 15 is 0 Å². The summed E-state index contributed by atoms with van der Waals surface area (Å²) in [6, 6.07) is 0.475. The van der Waals surface area contributed by atoms with Crippen molar-refractivity contribution >= 4 is 0 Å². The first-order chi connectivity index (χ1) is 7.24. The predicted octanol–water partition coefficient (Wildman–Crippen LogP) is 2.44. The van der Waals surface area contributed by atoms with E-state index in [0.29, 0.717) is 12.6 Å². The summed E-state index contributed by atoms with van der Waals surface area (Å²) in [4.78, 5) is 0. The van der Waals surface area contributed by atoms with Crippen LogP contribution in [-0.2, 0) is 4.74 Å². The van der Waals surface area contributed by atoms with Crippen molar-refractivity contribution in [2.45, 2.75) is 45.1 Å². The van der Waals surface area contributed by atoms with Gasteiger partial charge in [-0.15, -0.1) is 0 Å². The molecule has 2 nitrogen and oxygen atoms in total. The smallest absolute Gasteiger partial charge is 0.261 e. The summed E-state index contributed by atoms with van der Waals surface area (Å²) in [7, 11) is 0. The fourth-order valence-corrected chi connectivity index (χ4v) is 1.72. The molecule has 1 rings (SSSR count). The molecular formula is C11H21F2NO. The van der Waals surface area contributed by atoms with Crippen molar-refractivity contribution in [3.05, 3.63) is 0 Å². The summed E-state index contributed by atoms with van der Waals surface area (Å²) in [5.74, 6) is 0.756. The van der Waals surface area contributed by atoms with Crippen molar-refractivity contribution in [2.75, 3.05) is 19.8 Å². The van der Waals surface area contributed by atoms with E-state index in [-0.39, 0.29) is 0 Å². The van der Waals surface area contributed by atoms with E-state index in [2.05, 4.69) is 12.2 Å². The maximum Gasteiger partial charge on any atom is 0.261 e. The highest BCUT2D eigenvalue weighted by atomic mass is 19.3. The van der Waals surface area contributed by atoms with Gasteiger partial charge < -0.3 is 10.1 Å². The first-order valence-electron chi connectivity index (χ1n) is 5.83. The lowest BCUT2D eigenvalue weighted by Crippen LogP contribution is -2.33. The normalized spacial score (nSPS) is 18.4. The molecule has 0 aromatic heterocycles. The molecular weight excluding hydrogens is 200 g/mol. The Bertz CT molecular complexity index is 163. The fraction of sp³-hybridized carbons (Fsp3) is 1.00. The van der Waals surface area contributed by atoms with Crippen molar-refractivity contribution in [1.82, 2.24) is 5.32 Å². The lowest BCUT2D eigenvalue weighted by Gasteiger charge is -2.17. The average molecular weight is 221 g/mol. The maximum absolute atomic E-state index is 11.8. The van der Waals surface area contributed by atoms with Gasteiger partial charge in [0.05, 0.1) is 0 Å². The first-order valence-corrected chi connectivity index (χ1v) is 5.83. The van der Waals surface area contributed by atoms with Gasteiger partial charge in [-0.1, -0.05) is 6.92 Å². The molecule has 1 atom stereocenters. The van der Waals surface area contributed by atoms with Crippen LogP contribution in [0.15, 0.2) is 0 Å². The van der Waals surface area contributed by atoms with Crippen LogP contribution >= 0.6 is 0 Å². The van der Waals surface area contributed by atoms with Gasteiger partial charge >= 0.3 is 0 Å². The zero-order valence-electron chi connectivity index (χ0n) is 9.35. The molecule has 0 saturated heterocycles. The standard InChI is InChI=1S/C11H21F2NO/c1-2-6-14-10(9-3-4-9)5-7-15-8-11(12)13/h9-11,14H,2-8H2,1H3. The molecule has 0 spiro atoms. The third kappa shape index (κ3) is 6.05. The highest BCUT2D eigenvalue weighted by Crippen LogP contribution is 2.33. The SMILES string of the molecule is CCCNC(CCOCC(F)F)C1CC1. The molecule has 0 aliphatic heterocycles. The number of hydrogen-bond acceptors (Lipinski definition) is 2. The Balaban J connectivity index is 2.03. The Morgan fingerprint density at radius 1 is 1.40 bits per heavy atom. The minimum absolute atomic E-state index is 0.425. The van der Waals surface area contributed by atoms with Gasteiger partial charge in [0, 0.05) is 12.6 Å². The molecule has 1 fully saturated rings. The molecule has 0 radical (unpaired) electrons. The van der Waals surface area contributed by atoms with Crippen LogP contribution in [0.25, 0.3) is 0 Å². The van der Waals surface area contributed by atoms with Crippen molar-refractivity contribution in [1.29, 1.82) is 0 Å². The molecule has 0 heterocycles. The Hall–Kier alpha value is -0.220. The second-order valence-electron chi connectivity index (χ2n) is 4.15. The molecule has 1 saturated carbocycles. The molecule has 1 N–H and O–H groups in total. The van der Waals surface area contributed by atoms with Gasteiger partial charge in [0.1, 0.15) is 6.61 Å². The predicted molar refractivity (Wildman–Crippen MR) is 56.2 cm³/mol. The fourth-order valence-electron chi connectivity index (χ4n) is 1.72. The van der Waals surface area contributed by atoms with Gasteiger partial charge in [-0.25, -0.2) is 8.78 Å². The molecule has 1 unspecified atom stereocenters. The summed E-state index contributed by atoms with van der Waals surface area (Å²) >= 11 is 0. The van der Waals surface area contributed by atoms with Crippen LogP contribution in [-0.4, -0.2) is 32.2 Å². The quantitative estimate of drug-likeness (QED) is 0.604. The molecule has 90 valence electrons. The Morgan fingerprint density at radius 3 is 2.67 bits per heavy atom. The monoisotopic (exact) mass is 221 g/mol. The topological polar surface area (TPSA) is 21.3 Å². The summed E-state index contributed by atoms with van der Waals surface area (Å²) in [6.45, 7) is 3.16. The largest absolute Gasteiger partial charge is 0.375 e. The maximum atomic E-state index is 11.8. The van der Waals surface area contributed by atoms with Gasteiger partial charge in [0.25, 0.3) is 6.43 Å². The van der Waals surface area contributed by atoms with Gasteiger partial charge in [-0.05, 0) is 38.1 Å². The Labute approximate surface area is 90.4 Å². The minimum atomic E-state index is -2.34. The second-order valence-corrected chi connectivity index (χ2v) is 4.15. The van der Waals surface area contributed by atoms with Crippen molar-refractivity contribution in [2.24, 2.45) is 5.92 Å². The van der Waals surface area contributed by atoms with E-state index in [9.17, 15) is 8.78 Å². The van der Waals surface area contributed by atoms with Gasteiger partial charge in [0.15, 0.2) is 0 Å². The summed E-state index contributed by atoms with van der Waals surface area (Å²) in [5.41, 5.74) is 0. The third-order valence-electron chi connectivity index (χ3n) is 2.66. The van der Waals surface area contributed by atoms with Gasteiger partial charge in [0.2, 0.25) is 0 Å². The molecule has 0 amide bonds. The molecule has 15 heavy (non-hydrogen) atoms. The van der Waals surface area contributed by atoms with Crippen molar-refractivity contribution in [3.8, 4) is 0 Å². The van der Waals surface area contributed by atoms with Crippen LogP contribution in [0.5, 0.6) is 0 Å². The van der Waals surface area contributed by atoms with Gasteiger partial charge in [-0.3, -0.25) is 0 Å². The highest BCUT2D eigenvalue weighted by Gasteiger charge is 2.30. The summed E-state index contributed by atoms with van der Waals surface area (Å²) in [5, 5.41) is 3.45. The summed E-state index contributed by atoms with van der Waals surface area (Å²) in [6.07, 6.45) is 2.18. The lowest BCUT2D eigenvalue weighted by atomic mass is 10.1. The van der Waals surface area contributed by atoms with Crippen LogP contribution in [0.2, 0.25) is 0 Å². The van der Waals surface area contributed by atoms with Crippen LogP contribution in [0.3, 0.4) is 0 Å². The van der Waals surface area contributed by atoms with Crippen LogP contribution in [0.1, 0.15) is 32.6 Å². The number of nitrogens with one attached hydrogen (secondary N) is 1. The lowest BCUT2D eigenvalue weighted by molar-refractivity contribution is 0.0139. The van der Waals surface area contributed by atoms with Crippen LogP contribution in [0.4, 0.5) is 8.78 Å². The van der Waals surface area contributed by atoms with Crippen molar-refractivity contribution in [3.63, 3.8) is 0 Å². The van der Waals surface area contributed by atoms with Crippen LogP contribution < -0.4 is 5.32 Å². The number of hydrogen-bond donors (Lipinski definition) is 1. The van der Waals surface area contributed by atoms with Crippen molar-refractivity contribution < 1.29 is 13.5 Å². The third-order valence-corrected chi connectivity index (χ3v) is 2.66. The Morgan fingerprint density at radius 2 is 2.13 bits per heavy atom.